The number of ether oxygens (including phenoxy) is 2. The van der Waals surface area contributed by atoms with E-state index in [1.165, 1.54) is 21.1 Å². The van der Waals surface area contributed by atoms with Crippen LogP contribution in [0.2, 0.25) is 0 Å². The third-order valence-corrected chi connectivity index (χ3v) is 5.39. The Bertz CT molecular complexity index is 780. The second-order valence-electron chi connectivity index (χ2n) is 5.69. The summed E-state index contributed by atoms with van der Waals surface area (Å²) in [6.07, 6.45) is 4.16. The van der Waals surface area contributed by atoms with Crippen LogP contribution >= 0.6 is 12.6 Å². The van der Waals surface area contributed by atoms with E-state index in [4.69, 9.17) is 9.47 Å². The third-order valence-electron chi connectivity index (χ3n) is 3.59. The van der Waals surface area contributed by atoms with Crippen LogP contribution in [-0.2, 0) is 19.7 Å². The number of nitrogens with one attached hydrogen (secondary N) is 1. The Balaban J connectivity index is 2.05. The lowest BCUT2D eigenvalue weighted by atomic mass is 10.2. The van der Waals surface area contributed by atoms with Gasteiger partial charge in [0.25, 0.3) is 10.2 Å². The maximum Gasteiger partial charge on any atom is 0.418 e. The normalized spacial score (nSPS) is 16.5. The van der Waals surface area contributed by atoms with Crippen molar-refractivity contribution in [2.24, 2.45) is 0 Å². The molecule has 0 aromatic carbocycles. The lowest BCUT2D eigenvalue weighted by Gasteiger charge is -2.26. The number of morpholine rings is 1. The Morgan fingerprint density at radius 2 is 2.15 bits per heavy atom. The maximum absolute atomic E-state index is 12.3. The molecule has 1 aliphatic rings. The lowest BCUT2D eigenvalue weighted by Crippen LogP contribution is -2.46. The van der Waals surface area contributed by atoms with E-state index in [1.54, 1.807) is 19.1 Å². The minimum absolute atomic E-state index is 0.0976. The fourth-order valence-electron chi connectivity index (χ4n) is 2.32. The number of nitrogens with zero attached hydrogens (tertiary/aromatic N) is 2. The fraction of sp³-hybridized carbons (Fsp3) is 0.438. The summed E-state index contributed by atoms with van der Waals surface area (Å²) in [7, 11) is -3.57. The predicted octanol–water partition coefficient (Wildman–Crippen LogP) is 1.52. The largest absolute Gasteiger partial charge is 0.445 e. The molecule has 0 radical (unpaired) electrons. The number of hydrogen-bond donors (Lipinski definition) is 2. The number of carbonyl (C=O) groups is 1. The van der Waals surface area contributed by atoms with Gasteiger partial charge in [0.15, 0.2) is 0 Å². The van der Waals surface area contributed by atoms with E-state index < -0.39 is 16.3 Å². The topological polar surface area (TPSA) is 89.9 Å². The lowest BCUT2D eigenvalue weighted by molar-refractivity contribution is 0.0725. The van der Waals surface area contributed by atoms with Crippen molar-refractivity contribution in [2.45, 2.75) is 11.8 Å². The smallest absolute Gasteiger partial charge is 0.418 e. The molecular weight excluding hydrogens is 378 g/mol. The van der Waals surface area contributed by atoms with Crippen LogP contribution in [0.4, 0.5) is 4.79 Å². The highest BCUT2D eigenvalue weighted by molar-refractivity contribution is 7.87. The average Bonchev–Trinajstić information content (AvgIpc) is 2.99. The van der Waals surface area contributed by atoms with Crippen molar-refractivity contribution in [1.29, 1.82) is 0 Å². The summed E-state index contributed by atoms with van der Waals surface area (Å²) >= 11 is 4.24. The van der Waals surface area contributed by atoms with E-state index in [0.717, 1.165) is 5.57 Å². The summed E-state index contributed by atoms with van der Waals surface area (Å²) in [4.78, 5) is 12.6. The molecule has 1 saturated heterocycles. The molecule has 1 aromatic heterocycles. The molecule has 0 bridgehead atoms. The second-order valence-corrected chi connectivity index (χ2v) is 7.96. The van der Waals surface area contributed by atoms with Crippen molar-refractivity contribution < 1.29 is 22.7 Å². The first-order chi connectivity index (χ1) is 12.3. The van der Waals surface area contributed by atoms with Crippen LogP contribution in [0.5, 0.6) is 0 Å². The quantitative estimate of drug-likeness (QED) is 0.534. The molecule has 0 atom stereocenters. The first-order valence-corrected chi connectivity index (χ1v) is 9.91. The summed E-state index contributed by atoms with van der Waals surface area (Å²) in [5.41, 5.74) is 1.28. The summed E-state index contributed by atoms with van der Waals surface area (Å²) in [5.74, 6) is 0. The van der Waals surface area contributed by atoms with Crippen molar-refractivity contribution in [3.8, 4) is 0 Å². The zero-order chi connectivity index (χ0) is 19.2. The highest BCUT2D eigenvalue weighted by Crippen LogP contribution is 2.16. The van der Waals surface area contributed by atoms with Gasteiger partial charge in [0.05, 0.1) is 18.9 Å². The van der Waals surface area contributed by atoms with Gasteiger partial charge < -0.3 is 9.47 Å². The molecule has 0 aliphatic carbocycles. The van der Waals surface area contributed by atoms with Crippen LogP contribution in [0.25, 0.3) is 6.08 Å². The molecule has 0 spiro atoms. The van der Waals surface area contributed by atoms with Gasteiger partial charge in [0.2, 0.25) is 0 Å². The number of carbonyl (C=O) groups excluding carboxylic acids is 1. The van der Waals surface area contributed by atoms with Gasteiger partial charge in [-0.25, -0.2) is 4.79 Å². The van der Waals surface area contributed by atoms with E-state index in [-0.39, 0.29) is 13.2 Å². The van der Waals surface area contributed by atoms with Crippen LogP contribution < -0.4 is 4.72 Å². The van der Waals surface area contributed by atoms with E-state index in [9.17, 15) is 13.2 Å². The van der Waals surface area contributed by atoms with Gasteiger partial charge in [0, 0.05) is 30.7 Å². The Kier molecular flexibility index (Phi) is 7.47. The van der Waals surface area contributed by atoms with Crippen molar-refractivity contribution >= 4 is 35.0 Å². The number of thiol groups is 1. The maximum atomic E-state index is 12.3. The molecule has 26 heavy (non-hydrogen) atoms. The molecule has 1 N–H and O–H groups in total. The van der Waals surface area contributed by atoms with Gasteiger partial charge in [-0.1, -0.05) is 18.2 Å². The van der Waals surface area contributed by atoms with Crippen molar-refractivity contribution in [2.75, 3.05) is 39.5 Å². The molecule has 144 valence electrons. The molecule has 1 aromatic rings. The van der Waals surface area contributed by atoms with Crippen molar-refractivity contribution in [1.82, 2.24) is 13.6 Å². The molecule has 10 heteroatoms. The van der Waals surface area contributed by atoms with E-state index >= 15 is 0 Å². The molecule has 1 aliphatic heterocycles. The molecule has 2 rings (SSSR count). The molecule has 8 nitrogen and oxygen atoms in total. The standard InChI is InChI=1S/C16H23N3O5S2/c1-3-6-24-16(20)19-12-15(25)10-14(19)9-13(2)11-17-26(21,22)18-4-7-23-8-5-18/h3,9-10,12,17,25H,1,4-8,11H2,2H3. The number of aromatic nitrogens is 1. The molecule has 0 amide bonds. The first kappa shape index (κ1) is 20.7. The van der Waals surface area contributed by atoms with Crippen molar-refractivity contribution in [3.05, 3.63) is 36.2 Å². The second kappa shape index (κ2) is 9.38. The van der Waals surface area contributed by atoms with Gasteiger partial charge >= 0.3 is 6.09 Å². The molecule has 1 fully saturated rings. The summed E-state index contributed by atoms with van der Waals surface area (Å²) in [5, 5.41) is 0. The van der Waals surface area contributed by atoms with E-state index in [0.29, 0.717) is 36.9 Å². The molecule has 0 unspecified atom stereocenters. The van der Waals surface area contributed by atoms with E-state index in [2.05, 4.69) is 23.9 Å². The van der Waals surface area contributed by atoms with Crippen LogP contribution in [0.3, 0.4) is 0 Å². The average molecular weight is 402 g/mol. The Labute approximate surface area is 159 Å². The third kappa shape index (κ3) is 5.71. The predicted molar refractivity (Wildman–Crippen MR) is 102 cm³/mol. The fourth-order valence-corrected chi connectivity index (χ4v) is 3.79. The molecule has 0 saturated carbocycles. The van der Waals surface area contributed by atoms with Crippen LogP contribution in [-0.4, -0.2) is 62.8 Å². The summed E-state index contributed by atoms with van der Waals surface area (Å²) in [6, 6.07) is 1.69. The summed E-state index contributed by atoms with van der Waals surface area (Å²) < 4.78 is 39.9. The minimum Gasteiger partial charge on any atom is -0.445 e. The minimum atomic E-state index is -3.57. The van der Waals surface area contributed by atoms with Crippen LogP contribution in [0, 0.1) is 0 Å². The van der Waals surface area contributed by atoms with Gasteiger partial charge in [-0.3, -0.25) is 4.57 Å². The zero-order valence-electron chi connectivity index (χ0n) is 14.6. The van der Waals surface area contributed by atoms with Gasteiger partial charge in [-0.05, 0) is 19.1 Å². The Morgan fingerprint density at radius 3 is 2.81 bits per heavy atom. The number of rotatable bonds is 7. The monoisotopic (exact) mass is 401 g/mol. The molecule has 2 heterocycles. The van der Waals surface area contributed by atoms with Gasteiger partial charge in [-0.2, -0.15) is 17.4 Å². The van der Waals surface area contributed by atoms with Gasteiger partial charge in [0.1, 0.15) is 6.61 Å². The zero-order valence-corrected chi connectivity index (χ0v) is 16.3. The SMILES string of the molecule is C=CCOC(=O)n1cc(S)cc1C=C(C)CNS(=O)(=O)N1CCOCC1. The number of hydrogen-bond acceptors (Lipinski definition) is 6. The van der Waals surface area contributed by atoms with Crippen LogP contribution in [0.15, 0.2) is 35.4 Å². The summed E-state index contributed by atoms with van der Waals surface area (Å²) in [6.45, 7) is 6.93. The van der Waals surface area contributed by atoms with Gasteiger partial charge in [-0.15, -0.1) is 12.6 Å². The first-order valence-electron chi connectivity index (χ1n) is 8.02. The Hall–Kier alpha value is -1.59. The van der Waals surface area contributed by atoms with Crippen molar-refractivity contribution in [3.63, 3.8) is 0 Å². The van der Waals surface area contributed by atoms with E-state index in [1.807, 2.05) is 0 Å². The van der Waals surface area contributed by atoms with Crippen LogP contribution in [0.1, 0.15) is 12.6 Å². The molecular formula is C16H23N3O5S2. The Morgan fingerprint density at radius 1 is 1.46 bits per heavy atom. The highest BCUT2D eigenvalue weighted by Gasteiger charge is 2.23. The highest BCUT2D eigenvalue weighted by atomic mass is 32.2.